The first-order valence-electron chi connectivity index (χ1n) is 7.16. The maximum atomic E-state index is 8.80. The van der Waals surface area contributed by atoms with Gasteiger partial charge in [-0.1, -0.05) is 25.5 Å². The summed E-state index contributed by atoms with van der Waals surface area (Å²) in [6, 6.07) is 8.35. The lowest BCUT2D eigenvalue weighted by Gasteiger charge is -2.29. The Balaban J connectivity index is 1.89. The first-order chi connectivity index (χ1) is 8.79. The summed E-state index contributed by atoms with van der Waals surface area (Å²) in [5, 5.41) is 8.80. The second-order valence-electron chi connectivity index (χ2n) is 5.39. The zero-order valence-corrected chi connectivity index (χ0v) is 11.3. The molecule has 1 saturated carbocycles. The number of hydrogen-bond acceptors (Lipinski definition) is 2. The van der Waals surface area contributed by atoms with Crippen molar-refractivity contribution < 1.29 is 9.84 Å². The quantitative estimate of drug-likeness (QED) is 0.863. The van der Waals surface area contributed by atoms with E-state index in [-0.39, 0.29) is 6.61 Å². The molecule has 1 aliphatic carbocycles. The van der Waals surface area contributed by atoms with Crippen LogP contribution in [0.5, 0.6) is 5.75 Å². The zero-order valence-electron chi connectivity index (χ0n) is 11.3. The summed E-state index contributed by atoms with van der Waals surface area (Å²) in [6.07, 6.45) is 7.29. The van der Waals surface area contributed by atoms with Gasteiger partial charge in [-0.15, -0.1) is 0 Å². The molecule has 0 aliphatic heterocycles. The first kappa shape index (κ1) is 13.4. The number of aliphatic hydroxyl groups is 1. The second-order valence-corrected chi connectivity index (χ2v) is 5.39. The van der Waals surface area contributed by atoms with Gasteiger partial charge in [0.15, 0.2) is 0 Å². The van der Waals surface area contributed by atoms with Crippen LogP contribution in [-0.4, -0.2) is 17.8 Å². The van der Waals surface area contributed by atoms with Crippen LogP contribution in [-0.2, 0) is 6.42 Å². The third-order valence-electron chi connectivity index (χ3n) is 3.87. The SMILES string of the molecule is C[C@H]1CCCC[C@@H]1Oc1ccc(CCCO)cc1. The summed E-state index contributed by atoms with van der Waals surface area (Å²) in [4.78, 5) is 0. The summed E-state index contributed by atoms with van der Waals surface area (Å²) >= 11 is 0. The monoisotopic (exact) mass is 248 g/mol. The van der Waals surface area contributed by atoms with E-state index in [4.69, 9.17) is 9.84 Å². The van der Waals surface area contributed by atoms with Crippen molar-refractivity contribution in [3.8, 4) is 5.75 Å². The van der Waals surface area contributed by atoms with Gasteiger partial charge in [0.1, 0.15) is 11.9 Å². The van der Waals surface area contributed by atoms with Crippen LogP contribution in [0.15, 0.2) is 24.3 Å². The van der Waals surface area contributed by atoms with E-state index in [9.17, 15) is 0 Å². The molecule has 2 atom stereocenters. The Kier molecular flexibility index (Phi) is 5.06. The minimum atomic E-state index is 0.262. The highest BCUT2D eigenvalue weighted by Gasteiger charge is 2.22. The minimum absolute atomic E-state index is 0.262. The molecule has 18 heavy (non-hydrogen) atoms. The Morgan fingerprint density at radius 3 is 2.56 bits per heavy atom. The van der Waals surface area contributed by atoms with E-state index in [0.717, 1.165) is 18.6 Å². The Hall–Kier alpha value is -1.02. The summed E-state index contributed by atoms with van der Waals surface area (Å²) in [6.45, 7) is 2.55. The predicted octanol–water partition coefficient (Wildman–Crippen LogP) is 3.57. The number of aliphatic hydroxyl groups excluding tert-OH is 1. The molecule has 2 nitrogen and oxygen atoms in total. The summed E-state index contributed by atoms with van der Waals surface area (Å²) < 4.78 is 6.08. The Morgan fingerprint density at radius 2 is 1.89 bits per heavy atom. The molecule has 1 N–H and O–H groups in total. The lowest BCUT2D eigenvalue weighted by atomic mass is 9.88. The van der Waals surface area contributed by atoms with Gasteiger partial charge >= 0.3 is 0 Å². The van der Waals surface area contributed by atoms with Gasteiger partial charge in [-0.2, -0.15) is 0 Å². The molecule has 2 heteroatoms. The van der Waals surface area contributed by atoms with Crippen molar-refractivity contribution in [1.29, 1.82) is 0 Å². The van der Waals surface area contributed by atoms with Crippen LogP contribution in [0.3, 0.4) is 0 Å². The van der Waals surface area contributed by atoms with Crippen LogP contribution >= 0.6 is 0 Å². The lowest BCUT2D eigenvalue weighted by Crippen LogP contribution is -2.28. The average Bonchev–Trinajstić information content (AvgIpc) is 2.41. The van der Waals surface area contributed by atoms with E-state index in [1.807, 2.05) is 0 Å². The fourth-order valence-corrected chi connectivity index (χ4v) is 2.65. The molecule has 1 aliphatic rings. The highest BCUT2D eigenvalue weighted by Crippen LogP contribution is 2.28. The number of ether oxygens (including phenoxy) is 1. The van der Waals surface area contributed by atoms with Gasteiger partial charge in [0.25, 0.3) is 0 Å². The molecule has 2 rings (SSSR count). The molecule has 0 amide bonds. The van der Waals surface area contributed by atoms with Crippen molar-refractivity contribution in [2.24, 2.45) is 5.92 Å². The van der Waals surface area contributed by atoms with Crippen molar-refractivity contribution in [3.63, 3.8) is 0 Å². The van der Waals surface area contributed by atoms with Gasteiger partial charge in [-0.25, -0.2) is 0 Å². The van der Waals surface area contributed by atoms with Gasteiger partial charge in [0.05, 0.1) is 0 Å². The molecule has 0 radical (unpaired) electrons. The van der Waals surface area contributed by atoms with Crippen molar-refractivity contribution in [2.75, 3.05) is 6.61 Å². The molecular formula is C16H24O2. The van der Waals surface area contributed by atoms with Crippen LogP contribution in [0.1, 0.15) is 44.6 Å². The van der Waals surface area contributed by atoms with Crippen LogP contribution in [0.2, 0.25) is 0 Å². The Bertz CT molecular complexity index is 345. The normalized spacial score (nSPS) is 23.9. The maximum Gasteiger partial charge on any atom is 0.119 e. The van der Waals surface area contributed by atoms with Gasteiger partial charge in [0.2, 0.25) is 0 Å². The second kappa shape index (κ2) is 6.79. The number of hydrogen-bond donors (Lipinski definition) is 1. The largest absolute Gasteiger partial charge is 0.490 e. The standard InChI is InChI=1S/C16H24O2/c1-13-5-2-3-7-16(13)18-15-10-8-14(9-11-15)6-4-12-17/h8-11,13,16-17H,2-7,12H2,1H3/t13-,16-/m0/s1. The Morgan fingerprint density at radius 1 is 1.17 bits per heavy atom. The highest BCUT2D eigenvalue weighted by molar-refractivity contribution is 5.27. The molecule has 0 heterocycles. The van der Waals surface area contributed by atoms with Crippen molar-refractivity contribution in [2.45, 2.75) is 51.6 Å². The van der Waals surface area contributed by atoms with Crippen LogP contribution in [0, 0.1) is 5.92 Å². The molecule has 0 bridgehead atoms. The van der Waals surface area contributed by atoms with Gasteiger partial charge < -0.3 is 9.84 Å². The van der Waals surface area contributed by atoms with Crippen molar-refractivity contribution in [1.82, 2.24) is 0 Å². The van der Waals surface area contributed by atoms with E-state index < -0.39 is 0 Å². The fraction of sp³-hybridized carbons (Fsp3) is 0.625. The van der Waals surface area contributed by atoms with Crippen LogP contribution in [0.25, 0.3) is 0 Å². The third-order valence-corrected chi connectivity index (χ3v) is 3.87. The maximum absolute atomic E-state index is 8.80. The first-order valence-corrected chi connectivity index (χ1v) is 7.16. The zero-order chi connectivity index (χ0) is 12.8. The van der Waals surface area contributed by atoms with E-state index in [2.05, 4.69) is 31.2 Å². The smallest absolute Gasteiger partial charge is 0.119 e. The van der Waals surface area contributed by atoms with E-state index in [1.165, 1.54) is 31.2 Å². The van der Waals surface area contributed by atoms with E-state index in [0.29, 0.717) is 12.0 Å². The average molecular weight is 248 g/mol. The molecular weight excluding hydrogens is 224 g/mol. The molecule has 0 unspecified atom stereocenters. The van der Waals surface area contributed by atoms with E-state index in [1.54, 1.807) is 0 Å². The Labute approximate surface area is 110 Å². The van der Waals surface area contributed by atoms with Crippen LogP contribution in [0.4, 0.5) is 0 Å². The van der Waals surface area contributed by atoms with Gasteiger partial charge in [-0.05, 0) is 55.7 Å². The predicted molar refractivity (Wildman–Crippen MR) is 73.9 cm³/mol. The number of benzene rings is 1. The van der Waals surface area contributed by atoms with Crippen LogP contribution < -0.4 is 4.74 Å². The number of rotatable bonds is 5. The fourth-order valence-electron chi connectivity index (χ4n) is 2.65. The lowest BCUT2D eigenvalue weighted by molar-refractivity contribution is 0.102. The van der Waals surface area contributed by atoms with E-state index >= 15 is 0 Å². The highest BCUT2D eigenvalue weighted by atomic mass is 16.5. The molecule has 100 valence electrons. The molecule has 1 aromatic carbocycles. The summed E-state index contributed by atoms with van der Waals surface area (Å²) in [7, 11) is 0. The summed E-state index contributed by atoms with van der Waals surface area (Å²) in [5.74, 6) is 1.66. The van der Waals surface area contributed by atoms with Gasteiger partial charge in [0, 0.05) is 6.61 Å². The number of aryl methyl sites for hydroxylation is 1. The topological polar surface area (TPSA) is 29.5 Å². The molecule has 1 fully saturated rings. The molecule has 0 spiro atoms. The van der Waals surface area contributed by atoms with Gasteiger partial charge in [-0.3, -0.25) is 0 Å². The minimum Gasteiger partial charge on any atom is -0.490 e. The molecule has 0 saturated heterocycles. The summed E-state index contributed by atoms with van der Waals surface area (Å²) in [5.41, 5.74) is 1.27. The molecule has 0 aromatic heterocycles. The van der Waals surface area contributed by atoms with Crippen molar-refractivity contribution >= 4 is 0 Å². The van der Waals surface area contributed by atoms with Crippen molar-refractivity contribution in [3.05, 3.63) is 29.8 Å². The third kappa shape index (κ3) is 3.74. The molecule has 1 aromatic rings.